The van der Waals surface area contributed by atoms with Gasteiger partial charge in [0.05, 0.1) is 4.47 Å². The molecule has 0 unspecified atom stereocenters. The molecule has 0 N–H and O–H groups in total. The van der Waals surface area contributed by atoms with Gasteiger partial charge in [0.2, 0.25) is 0 Å². The predicted octanol–water partition coefficient (Wildman–Crippen LogP) is 5.88. The summed E-state index contributed by atoms with van der Waals surface area (Å²) in [4.78, 5) is 0. The Morgan fingerprint density at radius 3 is 2.50 bits per heavy atom. The highest BCUT2D eigenvalue weighted by Crippen LogP contribution is 2.33. The number of ether oxygens (including phenoxy) is 1. The summed E-state index contributed by atoms with van der Waals surface area (Å²) in [6.07, 6.45) is 0. The fourth-order valence-corrected chi connectivity index (χ4v) is 2.40. The van der Waals surface area contributed by atoms with Crippen LogP contribution in [0.15, 0.2) is 45.3 Å². The van der Waals surface area contributed by atoms with Gasteiger partial charge in [-0.15, -0.1) is 11.6 Å². The van der Waals surface area contributed by atoms with Crippen LogP contribution >= 0.6 is 43.5 Å². The molecule has 0 aliphatic rings. The summed E-state index contributed by atoms with van der Waals surface area (Å²) in [7, 11) is 0. The highest BCUT2D eigenvalue weighted by molar-refractivity contribution is 9.10. The fourth-order valence-electron chi connectivity index (χ4n) is 1.38. The van der Waals surface area contributed by atoms with Gasteiger partial charge in [-0.05, 0) is 51.8 Å². The summed E-state index contributed by atoms with van der Waals surface area (Å²) in [6, 6.07) is 9.98. The molecule has 0 saturated heterocycles. The number of hydrogen-bond donors (Lipinski definition) is 0. The van der Waals surface area contributed by atoms with Crippen molar-refractivity contribution in [1.29, 1.82) is 0 Å². The van der Waals surface area contributed by atoms with Gasteiger partial charge in [0.15, 0.2) is 11.6 Å². The van der Waals surface area contributed by atoms with Gasteiger partial charge in [0.1, 0.15) is 5.75 Å². The fraction of sp³-hybridized carbons (Fsp3) is 0.0769. The van der Waals surface area contributed by atoms with E-state index in [9.17, 15) is 4.39 Å². The first-order valence-electron chi connectivity index (χ1n) is 5.07. The standard InChI is InChI=1S/C13H8Br2ClFO/c14-9-2-3-11(17)13(6-9)18-12-4-1-8(7-16)5-10(12)15/h1-6H,7H2. The van der Waals surface area contributed by atoms with Crippen molar-refractivity contribution >= 4 is 43.5 Å². The first-order chi connectivity index (χ1) is 8.60. The Hall–Kier alpha value is -0.580. The minimum atomic E-state index is -0.411. The van der Waals surface area contributed by atoms with Gasteiger partial charge in [-0.1, -0.05) is 22.0 Å². The lowest BCUT2D eigenvalue weighted by molar-refractivity contribution is 0.439. The van der Waals surface area contributed by atoms with Crippen molar-refractivity contribution in [3.63, 3.8) is 0 Å². The van der Waals surface area contributed by atoms with E-state index in [2.05, 4.69) is 31.9 Å². The molecule has 0 heterocycles. The molecule has 2 aromatic carbocycles. The van der Waals surface area contributed by atoms with Gasteiger partial charge in [-0.25, -0.2) is 4.39 Å². The minimum absolute atomic E-state index is 0.170. The molecule has 0 spiro atoms. The van der Waals surface area contributed by atoms with Crippen molar-refractivity contribution < 1.29 is 9.13 Å². The second-order valence-corrected chi connectivity index (χ2v) is 5.61. The Bertz CT molecular complexity index is 575. The monoisotopic (exact) mass is 392 g/mol. The van der Waals surface area contributed by atoms with E-state index in [-0.39, 0.29) is 5.75 Å². The molecule has 0 fully saturated rings. The van der Waals surface area contributed by atoms with Gasteiger partial charge < -0.3 is 4.74 Å². The Balaban J connectivity index is 2.31. The van der Waals surface area contributed by atoms with Crippen molar-refractivity contribution in [2.45, 2.75) is 5.88 Å². The Morgan fingerprint density at radius 1 is 1.06 bits per heavy atom. The smallest absolute Gasteiger partial charge is 0.165 e. The number of hydrogen-bond acceptors (Lipinski definition) is 1. The number of rotatable bonds is 3. The van der Waals surface area contributed by atoms with Gasteiger partial charge in [0.25, 0.3) is 0 Å². The third-order valence-electron chi connectivity index (χ3n) is 2.26. The molecule has 0 aliphatic heterocycles. The topological polar surface area (TPSA) is 9.23 Å². The molecule has 0 aromatic heterocycles. The Morgan fingerprint density at radius 2 is 1.83 bits per heavy atom. The van der Waals surface area contributed by atoms with Crippen molar-refractivity contribution in [1.82, 2.24) is 0 Å². The first kappa shape index (κ1) is 13.8. The highest BCUT2D eigenvalue weighted by atomic mass is 79.9. The summed E-state index contributed by atoms with van der Waals surface area (Å²) < 4.78 is 20.6. The predicted molar refractivity (Wildman–Crippen MR) is 77.9 cm³/mol. The quantitative estimate of drug-likeness (QED) is 0.591. The van der Waals surface area contributed by atoms with Crippen LogP contribution in [0.25, 0.3) is 0 Å². The van der Waals surface area contributed by atoms with Crippen molar-refractivity contribution in [3.8, 4) is 11.5 Å². The third kappa shape index (κ3) is 3.25. The van der Waals surface area contributed by atoms with Crippen LogP contribution in [0.4, 0.5) is 4.39 Å². The Labute approximate surface area is 126 Å². The molecule has 94 valence electrons. The van der Waals surface area contributed by atoms with Crippen LogP contribution < -0.4 is 4.74 Å². The first-order valence-corrected chi connectivity index (χ1v) is 7.19. The molecule has 1 nitrogen and oxygen atoms in total. The van der Waals surface area contributed by atoms with E-state index in [1.165, 1.54) is 6.07 Å². The summed E-state index contributed by atoms with van der Waals surface area (Å²) in [6.45, 7) is 0. The molecule has 0 radical (unpaired) electrons. The molecule has 2 rings (SSSR count). The average Bonchev–Trinajstić information content (AvgIpc) is 2.36. The molecule has 18 heavy (non-hydrogen) atoms. The molecule has 0 bridgehead atoms. The van der Waals surface area contributed by atoms with Crippen LogP contribution in [0.3, 0.4) is 0 Å². The van der Waals surface area contributed by atoms with Crippen LogP contribution in [-0.2, 0) is 5.88 Å². The van der Waals surface area contributed by atoms with Crippen LogP contribution in [-0.4, -0.2) is 0 Å². The van der Waals surface area contributed by atoms with Gasteiger partial charge >= 0.3 is 0 Å². The maximum atomic E-state index is 13.6. The molecule has 0 saturated carbocycles. The van der Waals surface area contributed by atoms with Crippen molar-refractivity contribution in [2.24, 2.45) is 0 Å². The molecule has 0 atom stereocenters. The van der Waals surface area contributed by atoms with Gasteiger partial charge in [0, 0.05) is 10.4 Å². The normalized spacial score (nSPS) is 10.4. The van der Waals surface area contributed by atoms with Crippen LogP contribution in [0.2, 0.25) is 0 Å². The van der Waals surface area contributed by atoms with Crippen molar-refractivity contribution in [2.75, 3.05) is 0 Å². The summed E-state index contributed by atoms with van der Waals surface area (Å²) >= 11 is 12.4. The molecule has 0 aliphatic carbocycles. The summed E-state index contributed by atoms with van der Waals surface area (Å²) in [5.41, 5.74) is 0.964. The van der Waals surface area contributed by atoms with E-state index in [4.69, 9.17) is 16.3 Å². The second-order valence-electron chi connectivity index (χ2n) is 3.58. The van der Waals surface area contributed by atoms with Gasteiger partial charge in [-0.3, -0.25) is 0 Å². The zero-order valence-corrected chi connectivity index (χ0v) is 13.0. The molecule has 2 aromatic rings. The van der Waals surface area contributed by atoms with E-state index in [1.54, 1.807) is 18.2 Å². The van der Waals surface area contributed by atoms with E-state index in [0.29, 0.717) is 11.6 Å². The molecular weight excluding hydrogens is 386 g/mol. The average molecular weight is 394 g/mol. The summed E-state index contributed by atoms with van der Waals surface area (Å²) in [5, 5.41) is 0. The molecular formula is C13H8Br2ClFO. The van der Waals surface area contributed by atoms with E-state index in [1.807, 2.05) is 12.1 Å². The molecule has 5 heteroatoms. The zero-order valence-electron chi connectivity index (χ0n) is 9.09. The molecule has 0 amide bonds. The van der Waals surface area contributed by atoms with Crippen LogP contribution in [0.1, 0.15) is 5.56 Å². The van der Waals surface area contributed by atoms with Crippen molar-refractivity contribution in [3.05, 3.63) is 56.7 Å². The third-order valence-corrected chi connectivity index (χ3v) is 3.69. The minimum Gasteiger partial charge on any atom is -0.453 e. The maximum absolute atomic E-state index is 13.6. The largest absolute Gasteiger partial charge is 0.453 e. The number of alkyl halides is 1. The lowest BCUT2D eigenvalue weighted by Gasteiger charge is -2.09. The lowest BCUT2D eigenvalue weighted by atomic mass is 10.2. The summed E-state index contributed by atoms with van der Waals surface area (Å²) in [5.74, 6) is 0.723. The lowest BCUT2D eigenvalue weighted by Crippen LogP contribution is -1.90. The van der Waals surface area contributed by atoms with E-state index >= 15 is 0 Å². The van der Waals surface area contributed by atoms with Gasteiger partial charge in [-0.2, -0.15) is 0 Å². The van der Waals surface area contributed by atoms with Crippen LogP contribution in [0, 0.1) is 5.82 Å². The number of halogens is 4. The van der Waals surface area contributed by atoms with E-state index < -0.39 is 5.82 Å². The highest BCUT2D eigenvalue weighted by Gasteiger charge is 2.08. The maximum Gasteiger partial charge on any atom is 0.165 e. The SMILES string of the molecule is Fc1ccc(Br)cc1Oc1ccc(CCl)cc1Br. The van der Waals surface area contributed by atoms with Crippen LogP contribution in [0.5, 0.6) is 11.5 Å². The zero-order chi connectivity index (χ0) is 13.1. The number of benzene rings is 2. The second kappa shape index (κ2) is 6.04. The Kier molecular flexibility index (Phi) is 4.65. The van der Waals surface area contributed by atoms with E-state index in [0.717, 1.165) is 14.5 Å².